The molecule has 0 bridgehead atoms. The molecule has 2 N–H and O–H groups in total. The van der Waals surface area contributed by atoms with Gasteiger partial charge in [0.15, 0.2) is 5.78 Å². The summed E-state index contributed by atoms with van der Waals surface area (Å²) in [6, 6.07) is 7.11. The summed E-state index contributed by atoms with van der Waals surface area (Å²) in [5.74, 6) is 0.345. The Morgan fingerprint density at radius 3 is 0.969 bits per heavy atom. The number of hydrogen-bond acceptors (Lipinski definition) is 7. The smallest absolute Gasteiger partial charge is 0.193 e. The van der Waals surface area contributed by atoms with Crippen LogP contribution in [0.5, 0.6) is 11.5 Å². The van der Waals surface area contributed by atoms with Crippen LogP contribution < -0.4 is 0 Å². The van der Waals surface area contributed by atoms with Crippen molar-refractivity contribution in [3.05, 3.63) is 57.6 Å². The van der Waals surface area contributed by atoms with Crippen LogP contribution in [0.2, 0.25) is 0 Å². The van der Waals surface area contributed by atoms with E-state index in [9.17, 15) is 15.0 Å². The molecule has 2 aromatic carbocycles. The molecule has 0 aliphatic heterocycles. The number of nitrogens with zero attached hydrogens (tertiary/aromatic N) is 4. The second kappa shape index (κ2) is 10.9. The fourth-order valence-corrected chi connectivity index (χ4v) is 3.79. The normalized spacial score (nSPS) is 11.9. The van der Waals surface area contributed by atoms with Gasteiger partial charge in [-0.05, 0) is 80.6 Å². The highest BCUT2D eigenvalue weighted by molar-refractivity contribution is 6.09. The molecule has 0 aliphatic rings. The number of phenols is 2. The molecule has 0 amide bonds. The predicted molar refractivity (Wildman–Crippen MR) is 129 cm³/mol. The van der Waals surface area contributed by atoms with Crippen molar-refractivity contribution in [3.63, 3.8) is 0 Å². The zero-order valence-electron chi connectivity index (χ0n) is 20.7. The lowest BCUT2D eigenvalue weighted by atomic mass is 9.94. The van der Waals surface area contributed by atoms with Crippen molar-refractivity contribution in [2.75, 3.05) is 56.4 Å². The summed E-state index contributed by atoms with van der Waals surface area (Å²) >= 11 is 0. The molecule has 32 heavy (non-hydrogen) atoms. The van der Waals surface area contributed by atoms with Crippen LogP contribution in [0.15, 0.2) is 24.3 Å². The minimum atomic E-state index is -0.120. The molecule has 0 saturated carbocycles. The molecule has 0 aromatic heterocycles. The zero-order valence-corrected chi connectivity index (χ0v) is 20.7. The maximum absolute atomic E-state index is 13.6. The topological polar surface area (TPSA) is 70.5 Å². The molecule has 0 heterocycles. The molecule has 176 valence electrons. The summed E-state index contributed by atoms with van der Waals surface area (Å²) in [6.07, 6.45) is 0. The predicted octanol–water partition coefficient (Wildman–Crippen LogP) is 2.58. The Labute approximate surface area is 192 Å². The van der Waals surface area contributed by atoms with Gasteiger partial charge in [0.1, 0.15) is 11.5 Å². The van der Waals surface area contributed by atoms with Crippen LogP contribution in [0.4, 0.5) is 0 Å². The fraction of sp³-hybridized carbons (Fsp3) is 0.480. The second-order valence-electron chi connectivity index (χ2n) is 9.57. The lowest BCUT2D eigenvalue weighted by Gasteiger charge is -2.20. The first kappa shape index (κ1) is 25.8. The van der Waals surface area contributed by atoms with Gasteiger partial charge in [-0.15, -0.1) is 0 Å². The lowest BCUT2D eigenvalue weighted by Crippen LogP contribution is -2.17. The van der Waals surface area contributed by atoms with Gasteiger partial charge in [0, 0.05) is 59.6 Å². The number of aromatic hydroxyl groups is 2. The van der Waals surface area contributed by atoms with E-state index in [2.05, 4.69) is 0 Å². The maximum atomic E-state index is 13.6. The van der Waals surface area contributed by atoms with Gasteiger partial charge >= 0.3 is 0 Å². The van der Waals surface area contributed by atoms with E-state index in [1.54, 1.807) is 24.3 Å². The Kier molecular flexibility index (Phi) is 8.81. The molecule has 0 atom stereocenters. The van der Waals surface area contributed by atoms with E-state index in [0.717, 1.165) is 22.3 Å². The van der Waals surface area contributed by atoms with Gasteiger partial charge in [-0.3, -0.25) is 4.79 Å². The number of hydrogen-bond donors (Lipinski definition) is 2. The standard InChI is InChI=1S/C25H38N4O3/c1-26(2)13-19-9-17(10-20(24(19)31)14-27(3)4)23(30)18-11-21(15-28(5)6)25(32)22(12-18)16-29(7)8/h9-12,31-32H,13-16H2,1-8H3. The minimum absolute atomic E-state index is 0.120. The van der Waals surface area contributed by atoms with Crippen LogP contribution in [0.25, 0.3) is 0 Å². The molecule has 0 unspecified atom stereocenters. The van der Waals surface area contributed by atoms with Gasteiger partial charge in [0.05, 0.1) is 0 Å². The molecular formula is C25H38N4O3. The van der Waals surface area contributed by atoms with Crippen LogP contribution in [0, 0.1) is 0 Å². The van der Waals surface area contributed by atoms with Crippen molar-refractivity contribution in [3.8, 4) is 11.5 Å². The summed E-state index contributed by atoms with van der Waals surface area (Å²) < 4.78 is 0. The van der Waals surface area contributed by atoms with E-state index in [1.807, 2.05) is 76.0 Å². The highest BCUT2D eigenvalue weighted by atomic mass is 16.3. The number of benzene rings is 2. The molecular weight excluding hydrogens is 404 g/mol. The molecule has 2 rings (SSSR count). The Morgan fingerprint density at radius 2 is 0.781 bits per heavy atom. The summed E-state index contributed by atoms with van der Waals surface area (Å²) in [4.78, 5) is 21.5. The van der Waals surface area contributed by atoms with Crippen molar-refractivity contribution in [2.24, 2.45) is 0 Å². The average molecular weight is 443 g/mol. The lowest BCUT2D eigenvalue weighted by molar-refractivity contribution is 0.103. The summed E-state index contributed by atoms with van der Waals surface area (Å²) in [5, 5.41) is 21.6. The van der Waals surface area contributed by atoms with E-state index < -0.39 is 0 Å². The Bertz CT molecular complexity index is 815. The molecule has 2 aromatic rings. The van der Waals surface area contributed by atoms with Crippen molar-refractivity contribution in [1.82, 2.24) is 19.6 Å². The molecule has 7 heteroatoms. The van der Waals surface area contributed by atoms with E-state index >= 15 is 0 Å². The molecule has 0 saturated heterocycles. The third-order valence-electron chi connectivity index (χ3n) is 5.01. The Morgan fingerprint density at radius 1 is 0.562 bits per heavy atom. The van der Waals surface area contributed by atoms with Gasteiger partial charge < -0.3 is 29.8 Å². The summed E-state index contributed by atoms with van der Waals surface area (Å²) in [6.45, 7) is 2.11. The number of phenolic OH excluding ortho intramolecular Hbond substituents is 2. The largest absolute Gasteiger partial charge is 0.507 e. The first-order chi connectivity index (χ1) is 14.9. The average Bonchev–Trinajstić information content (AvgIpc) is 2.65. The number of carbonyl (C=O) groups is 1. The van der Waals surface area contributed by atoms with Crippen LogP contribution >= 0.6 is 0 Å². The molecule has 7 nitrogen and oxygen atoms in total. The van der Waals surface area contributed by atoms with Crippen molar-refractivity contribution >= 4 is 5.78 Å². The van der Waals surface area contributed by atoms with Crippen LogP contribution in [0.3, 0.4) is 0 Å². The SMILES string of the molecule is CN(C)Cc1cc(C(=O)c2cc(CN(C)C)c(O)c(CN(C)C)c2)cc(CN(C)C)c1O. The third-order valence-corrected chi connectivity index (χ3v) is 5.01. The molecule has 0 radical (unpaired) electrons. The van der Waals surface area contributed by atoms with Crippen LogP contribution in [-0.4, -0.2) is 92.0 Å². The molecule has 0 spiro atoms. The summed E-state index contributed by atoms with van der Waals surface area (Å²) in [7, 11) is 15.4. The Balaban J connectivity index is 2.61. The van der Waals surface area contributed by atoms with Gasteiger partial charge in [0.25, 0.3) is 0 Å². The summed E-state index contributed by atoms with van der Waals surface area (Å²) in [5.41, 5.74) is 3.96. The first-order valence-corrected chi connectivity index (χ1v) is 10.7. The van der Waals surface area contributed by atoms with Crippen LogP contribution in [-0.2, 0) is 26.2 Å². The monoisotopic (exact) mass is 442 g/mol. The van der Waals surface area contributed by atoms with Crippen molar-refractivity contribution in [1.29, 1.82) is 0 Å². The fourth-order valence-electron chi connectivity index (χ4n) is 3.79. The number of carbonyl (C=O) groups excluding carboxylic acids is 1. The van der Waals surface area contributed by atoms with E-state index in [1.165, 1.54) is 0 Å². The number of rotatable bonds is 10. The van der Waals surface area contributed by atoms with E-state index in [-0.39, 0.29) is 17.3 Å². The molecule has 0 fully saturated rings. The minimum Gasteiger partial charge on any atom is -0.507 e. The second-order valence-corrected chi connectivity index (χ2v) is 9.57. The molecule has 0 aliphatic carbocycles. The van der Waals surface area contributed by atoms with Crippen molar-refractivity contribution < 1.29 is 15.0 Å². The van der Waals surface area contributed by atoms with E-state index in [0.29, 0.717) is 37.3 Å². The quantitative estimate of drug-likeness (QED) is 0.548. The maximum Gasteiger partial charge on any atom is 0.193 e. The Hall–Kier alpha value is -2.45. The van der Waals surface area contributed by atoms with E-state index in [4.69, 9.17) is 0 Å². The third kappa shape index (κ3) is 6.77. The van der Waals surface area contributed by atoms with Crippen LogP contribution in [0.1, 0.15) is 38.2 Å². The first-order valence-electron chi connectivity index (χ1n) is 10.7. The highest BCUT2D eigenvalue weighted by Crippen LogP contribution is 2.31. The number of ketones is 1. The zero-order chi connectivity index (χ0) is 24.2. The highest BCUT2D eigenvalue weighted by Gasteiger charge is 2.20. The van der Waals surface area contributed by atoms with Gasteiger partial charge in [-0.25, -0.2) is 0 Å². The van der Waals surface area contributed by atoms with Gasteiger partial charge in [-0.2, -0.15) is 0 Å². The van der Waals surface area contributed by atoms with Gasteiger partial charge in [-0.1, -0.05) is 0 Å². The van der Waals surface area contributed by atoms with Crippen molar-refractivity contribution in [2.45, 2.75) is 26.2 Å². The van der Waals surface area contributed by atoms with Gasteiger partial charge in [0.2, 0.25) is 0 Å².